The highest BCUT2D eigenvalue weighted by molar-refractivity contribution is 5.85. The van der Waals surface area contributed by atoms with Crippen LogP contribution in [-0.2, 0) is 9.59 Å². The number of amides is 2. The Balaban J connectivity index is 0.00000243. The minimum absolute atomic E-state index is 0. The van der Waals surface area contributed by atoms with Gasteiger partial charge in [0.05, 0.1) is 0 Å². The summed E-state index contributed by atoms with van der Waals surface area (Å²) >= 11 is 0. The molecule has 0 bridgehead atoms. The van der Waals surface area contributed by atoms with Gasteiger partial charge in [0.25, 0.3) is 0 Å². The molecule has 3 N–H and O–H groups in total. The summed E-state index contributed by atoms with van der Waals surface area (Å²) in [5.74, 6) is 1.13. The highest BCUT2D eigenvalue weighted by atomic mass is 35.5. The first-order valence-corrected chi connectivity index (χ1v) is 10.2. The van der Waals surface area contributed by atoms with E-state index in [1.807, 2.05) is 0 Å². The van der Waals surface area contributed by atoms with Gasteiger partial charge in [-0.15, -0.1) is 12.4 Å². The van der Waals surface area contributed by atoms with E-state index < -0.39 is 0 Å². The maximum Gasteiger partial charge on any atom is 0.223 e. The Bertz CT molecular complexity index is 495. The molecule has 0 aromatic carbocycles. The van der Waals surface area contributed by atoms with Crippen LogP contribution in [0.1, 0.15) is 64.2 Å². The molecule has 2 amide bonds. The van der Waals surface area contributed by atoms with Gasteiger partial charge in [0, 0.05) is 31.5 Å². The summed E-state index contributed by atoms with van der Waals surface area (Å²) < 4.78 is 0. The molecule has 0 atom stereocenters. The largest absolute Gasteiger partial charge is 0.353 e. The van der Waals surface area contributed by atoms with Gasteiger partial charge in [0.1, 0.15) is 0 Å². The fourth-order valence-corrected chi connectivity index (χ4v) is 4.44. The molecule has 2 aliphatic carbocycles. The highest BCUT2D eigenvalue weighted by Gasteiger charge is 2.28. The second kappa shape index (κ2) is 10.9. The zero-order chi connectivity index (χ0) is 17.5. The van der Waals surface area contributed by atoms with E-state index in [-0.39, 0.29) is 36.2 Å². The van der Waals surface area contributed by atoms with Crippen LogP contribution in [0, 0.1) is 11.8 Å². The van der Waals surface area contributed by atoms with Gasteiger partial charge in [-0.1, -0.05) is 24.5 Å². The number of carbonyl (C=O) groups excluding carboxylic acids is 2. The average molecular weight is 384 g/mol. The zero-order valence-electron chi connectivity index (χ0n) is 15.7. The number of halogens is 1. The Kier molecular flexibility index (Phi) is 8.93. The maximum absolute atomic E-state index is 12.4. The summed E-state index contributed by atoms with van der Waals surface area (Å²) in [6.45, 7) is 2.61. The predicted octanol–water partition coefficient (Wildman–Crippen LogP) is 2.70. The first-order valence-electron chi connectivity index (χ1n) is 10.2. The summed E-state index contributed by atoms with van der Waals surface area (Å²) in [5, 5.41) is 9.59. The Morgan fingerprint density at radius 3 is 2.46 bits per heavy atom. The van der Waals surface area contributed by atoms with Crippen LogP contribution in [0.3, 0.4) is 0 Å². The lowest BCUT2D eigenvalue weighted by Crippen LogP contribution is -2.41. The van der Waals surface area contributed by atoms with Crippen molar-refractivity contribution in [1.29, 1.82) is 0 Å². The number of hydrogen-bond donors (Lipinski definition) is 3. The lowest BCUT2D eigenvalue weighted by atomic mass is 9.85. The van der Waals surface area contributed by atoms with Gasteiger partial charge in [0.15, 0.2) is 0 Å². The van der Waals surface area contributed by atoms with Crippen LogP contribution in [0.5, 0.6) is 0 Å². The van der Waals surface area contributed by atoms with E-state index in [4.69, 9.17) is 0 Å². The topological polar surface area (TPSA) is 70.2 Å². The number of rotatable bonds is 6. The molecule has 0 aromatic heterocycles. The molecule has 0 saturated heterocycles. The third-order valence-corrected chi connectivity index (χ3v) is 6.06. The smallest absolute Gasteiger partial charge is 0.223 e. The van der Waals surface area contributed by atoms with E-state index in [2.05, 4.69) is 22.0 Å². The van der Waals surface area contributed by atoms with Crippen LogP contribution >= 0.6 is 12.4 Å². The minimum Gasteiger partial charge on any atom is -0.353 e. The lowest BCUT2D eigenvalue weighted by molar-refractivity contribution is -0.126. The molecule has 148 valence electrons. The normalized spacial score (nSPS) is 26.5. The fourth-order valence-electron chi connectivity index (χ4n) is 4.44. The summed E-state index contributed by atoms with van der Waals surface area (Å²) in [5.41, 5.74) is 1.33. The number of hydrogen-bond acceptors (Lipinski definition) is 3. The van der Waals surface area contributed by atoms with Crippen molar-refractivity contribution in [3.05, 3.63) is 11.6 Å². The minimum atomic E-state index is 0. The van der Waals surface area contributed by atoms with Gasteiger partial charge in [-0.2, -0.15) is 0 Å². The van der Waals surface area contributed by atoms with Crippen LogP contribution in [0.4, 0.5) is 0 Å². The first kappa shape index (κ1) is 21.2. The molecule has 2 fully saturated rings. The molecule has 26 heavy (non-hydrogen) atoms. The van der Waals surface area contributed by atoms with E-state index in [9.17, 15) is 9.59 Å². The van der Waals surface area contributed by atoms with Crippen molar-refractivity contribution >= 4 is 24.2 Å². The Hall–Kier alpha value is -1.07. The van der Waals surface area contributed by atoms with Crippen LogP contribution in [-0.4, -0.2) is 37.5 Å². The molecule has 0 unspecified atom stereocenters. The van der Waals surface area contributed by atoms with Crippen LogP contribution in [0.25, 0.3) is 0 Å². The molecule has 1 aliphatic heterocycles. The molecule has 0 spiro atoms. The summed E-state index contributed by atoms with van der Waals surface area (Å²) in [6.07, 6.45) is 12.5. The molecule has 1 heterocycles. The predicted molar refractivity (Wildman–Crippen MR) is 106 cm³/mol. The summed E-state index contributed by atoms with van der Waals surface area (Å²) in [7, 11) is 0. The quantitative estimate of drug-likeness (QED) is 0.617. The van der Waals surface area contributed by atoms with Crippen molar-refractivity contribution in [3.63, 3.8) is 0 Å². The molecular formula is C20H34ClN3O2. The standard InChI is InChI=1S/C20H33N3O2.ClH/c24-19(13-15-3-1-2-4-15)23-18-7-5-17(6-8-18)20(25)22-14-16-9-11-21-12-10-16;/h9,15,17-18,21H,1-8,10-14H2,(H,22,25)(H,23,24);1H. The number of nitrogens with one attached hydrogen (secondary N) is 3. The van der Waals surface area contributed by atoms with Crippen molar-refractivity contribution in [2.45, 2.75) is 70.3 Å². The van der Waals surface area contributed by atoms with E-state index in [1.54, 1.807) is 0 Å². The van der Waals surface area contributed by atoms with Crippen molar-refractivity contribution in [1.82, 2.24) is 16.0 Å². The van der Waals surface area contributed by atoms with Gasteiger partial charge in [-0.05, 0) is 57.4 Å². The third-order valence-electron chi connectivity index (χ3n) is 6.06. The monoisotopic (exact) mass is 383 g/mol. The van der Waals surface area contributed by atoms with Crippen molar-refractivity contribution in [2.24, 2.45) is 11.8 Å². The van der Waals surface area contributed by atoms with Gasteiger partial charge in [-0.3, -0.25) is 9.59 Å². The van der Waals surface area contributed by atoms with E-state index in [1.165, 1.54) is 31.3 Å². The van der Waals surface area contributed by atoms with E-state index >= 15 is 0 Å². The first-order chi connectivity index (χ1) is 12.2. The second-order valence-corrected chi connectivity index (χ2v) is 8.00. The van der Waals surface area contributed by atoms with Crippen LogP contribution in [0.2, 0.25) is 0 Å². The molecule has 5 nitrogen and oxygen atoms in total. The van der Waals surface area contributed by atoms with Gasteiger partial charge < -0.3 is 16.0 Å². The molecule has 6 heteroatoms. The summed E-state index contributed by atoms with van der Waals surface area (Å²) in [6, 6.07) is 0.269. The maximum atomic E-state index is 12.4. The average Bonchev–Trinajstić information content (AvgIpc) is 3.14. The van der Waals surface area contributed by atoms with Crippen molar-refractivity contribution in [3.8, 4) is 0 Å². The Labute approximate surface area is 163 Å². The van der Waals surface area contributed by atoms with Gasteiger partial charge in [0.2, 0.25) is 11.8 Å². The van der Waals surface area contributed by atoms with Crippen molar-refractivity contribution in [2.75, 3.05) is 19.6 Å². The molecule has 0 aromatic rings. The van der Waals surface area contributed by atoms with Crippen LogP contribution in [0.15, 0.2) is 11.6 Å². The lowest BCUT2D eigenvalue weighted by Gasteiger charge is -2.29. The number of carbonyl (C=O) groups is 2. The third kappa shape index (κ3) is 6.58. The molecular weight excluding hydrogens is 350 g/mol. The second-order valence-electron chi connectivity index (χ2n) is 8.00. The summed E-state index contributed by atoms with van der Waals surface area (Å²) in [4.78, 5) is 24.5. The molecule has 2 saturated carbocycles. The van der Waals surface area contributed by atoms with E-state index in [0.717, 1.165) is 45.2 Å². The molecule has 3 rings (SSSR count). The Morgan fingerprint density at radius 1 is 1.08 bits per heavy atom. The fraction of sp³-hybridized carbons (Fsp3) is 0.800. The Morgan fingerprint density at radius 2 is 1.81 bits per heavy atom. The highest BCUT2D eigenvalue weighted by Crippen LogP contribution is 2.28. The van der Waals surface area contributed by atoms with E-state index in [0.29, 0.717) is 18.9 Å². The zero-order valence-corrected chi connectivity index (χ0v) is 16.5. The van der Waals surface area contributed by atoms with Crippen LogP contribution < -0.4 is 16.0 Å². The SMILES string of the molecule is Cl.O=C(CC1CCCC1)NC1CCC(C(=O)NCC2=CCNCC2)CC1. The molecule has 3 aliphatic rings. The van der Waals surface area contributed by atoms with Crippen molar-refractivity contribution < 1.29 is 9.59 Å². The molecule has 0 radical (unpaired) electrons. The van der Waals surface area contributed by atoms with Gasteiger partial charge in [-0.25, -0.2) is 0 Å². The van der Waals surface area contributed by atoms with Gasteiger partial charge >= 0.3 is 0 Å².